The number of halogens is 1. The number of rotatable bonds is 1. The molecule has 2 heterocycles. The topological polar surface area (TPSA) is 40.7 Å². The summed E-state index contributed by atoms with van der Waals surface area (Å²) in [6.45, 7) is 0. The average Bonchev–Trinajstić information content (AvgIpc) is 2.89. The fraction of sp³-hybridized carbons (Fsp3) is 0.562. The van der Waals surface area contributed by atoms with Crippen molar-refractivity contribution in [2.75, 3.05) is 0 Å². The molecule has 2 aliphatic rings. The summed E-state index contributed by atoms with van der Waals surface area (Å²) < 4.78 is 13.2. The van der Waals surface area contributed by atoms with Gasteiger partial charge >= 0.3 is 0 Å². The van der Waals surface area contributed by atoms with Gasteiger partial charge in [0, 0.05) is 6.04 Å². The first-order valence-corrected chi connectivity index (χ1v) is 7.71. The van der Waals surface area contributed by atoms with Crippen LogP contribution in [0.1, 0.15) is 50.4 Å². The zero-order valence-electron chi connectivity index (χ0n) is 11.5. The third-order valence-electron chi connectivity index (χ3n) is 4.94. The van der Waals surface area contributed by atoms with Crippen LogP contribution in [0.2, 0.25) is 0 Å². The largest absolute Gasteiger partial charge is 0.341 e. The van der Waals surface area contributed by atoms with Gasteiger partial charge in [0.15, 0.2) is 0 Å². The summed E-state index contributed by atoms with van der Waals surface area (Å²) in [5.41, 5.74) is 1.65. The van der Waals surface area contributed by atoms with E-state index in [0.29, 0.717) is 12.1 Å². The Balaban J connectivity index is 1.59. The summed E-state index contributed by atoms with van der Waals surface area (Å²) in [5, 5.41) is 3.76. The molecule has 4 rings (SSSR count). The highest BCUT2D eigenvalue weighted by Gasteiger charge is 2.33. The van der Waals surface area contributed by atoms with Gasteiger partial charge < -0.3 is 10.3 Å². The van der Waals surface area contributed by atoms with Crippen LogP contribution in [-0.4, -0.2) is 16.0 Å². The fourth-order valence-corrected chi connectivity index (χ4v) is 3.88. The van der Waals surface area contributed by atoms with E-state index in [-0.39, 0.29) is 5.82 Å². The molecule has 1 aliphatic heterocycles. The van der Waals surface area contributed by atoms with Crippen molar-refractivity contribution in [3.8, 4) is 0 Å². The smallest absolute Gasteiger partial charge is 0.125 e. The molecule has 2 N–H and O–H groups in total. The lowest BCUT2D eigenvalue weighted by molar-refractivity contribution is 0.174. The Morgan fingerprint density at radius 1 is 1.10 bits per heavy atom. The molecule has 2 fully saturated rings. The van der Waals surface area contributed by atoms with Crippen molar-refractivity contribution in [3.63, 3.8) is 0 Å². The Morgan fingerprint density at radius 3 is 2.95 bits per heavy atom. The molecule has 3 unspecified atom stereocenters. The fourth-order valence-electron chi connectivity index (χ4n) is 3.88. The van der Waals surface area contributed by atoms with Crippen LogP contribution in [0.3, 0.4) is 0 Å². The minimum absolute atomic E-state index is 0.211. The van der Waals surface area contributed by atoms with E-state index in [4.69, 9.17) is 0 Å². The van der Waals surface area contributed by atoms with E-state index in [9.17, 15) is 4.39 Å². The van der Waals surface area contributed by atoms with Crippen LogP contribution < -0.4 is 5.32 Å². The van der Waals surface area contributed by atoms with Gasteiger partial charge in [0.25, 0.3) is 0 Å². The normalized spacial score (nSPS) is 30.4. The lowest BCUT2D eigenvalue weighted by Gasteiger charge is -2.39. The summed E-state index contributed by atoms with van der Waals surface area (Å²) in [7, 11) is 0. The first kappa shape index (κ1) is 12.3. The number of imidazole rings is 1. The number of aromatic amines is 1. The van der Waals surface area contributed by atoms with Gasteiger partial charge in [-0.3, -0.25) is 0 Å². The van der Waals surface area contributed by atoms with Crippen molar-refractivity contribution >= 4 is 11.0 Å². The number of hydrogen-bond donors (Lipinski definition) is 2. The molecule has 3 atom stereocenters. The molecular formula is C16H20FN3. The SMILES string of the molecule is Fc1ccc2nc(C3CCC4CCCCC4N3)[nH]c2c1. The molecule has 1 aromatic carbocycles. The number of nitrogens with zero attached hydrogens (tertiary/aromatic N) is 1. The zero-order chi connectivity index (χ0) is 13.5. The van der Waals surface area contributed by atoms with Crippen LogP contribution in [0.4, 0.5) is 4.39 Å². The molecule has 1 aliphatic carbocycles. The summed E-state index contributed by atoms with van der Waals surface area (Å²) in [6.07, 6.45) is 7.80. The van der Waals surface area contributed by atoms with E-state index >= 15 is 0 Å². The van der Waals surface area contributed by atoms with Crippen LogP contribution in [0, 0.1) is 11.7 Å². The quantitative estimate of drug-likeness (QED) is 0.832. The van der Waals surface area contributed by atoms with Gasteiger partial charge in [-0.1, -0.05) is 12.8 Å². The summed E-state index contributed by atoms with van der Waals surface area (Å²) in [4.78, 5) is 7.92. The van der Waals surface area contributed by atoms with Gasteiger partial charge in [0.2, 0.25) is 0 Å². The predicted molar refractivity (Wildman–Crippen MR) is 76.9 cm³/mol. The van der Waals surface area contributed by atoms with Crippen molar-refractivity contribution in [3.05, 3.63) is 29.8 Å². The molecular weight excluding hydrogens is 253 g/mol. The summed E-state index contributed by atoms with van der Waals surface area (Å²) in [5.74, 6) is 1.60. The van der Waals surface area contributed by atoms with Crippen LogP contribution in [-0.2, 0) is 0 Å². The van der Waals surface area contributed by atoms with Crippen molar-refractivity contribution in [1.29, 1.82) is 0 Å². The molecule has 1 aromatic heterocycles. The minimum Gasteiger partial charge on any atom is -0.341 e. The number of hydrogen-bond acceptors (Lipinski definition) is 2. The first-order chi connectivity index (χ1) is 9.79. The van der Waals surface area contributed by atoms with Gasteiger partial charge in [-0.25, -0.2) is 9.37 Å². The van der Waals surface area contributed by atoms with Crippen molar-refractivity contribution in [2.24, 2.45) is 5.92 Å². The summed E-state index contributed by atoms with van der Waals surface area (Å²) in [6, 6.07) is 5.69. The molecule has 1 saturated heterocycles. The van der Waals surface area contributed by atoms with Gasteiger partial charge in [-0.05, 0) is 49.8 Å². The maximum Gasteiger partial charge on any atom is 0.125 e. The van der Waals surface area contributed by atoms with Crippen molar-refractivity contribution in [1.82, 2.24) is 15.3 Å². The Labute approximate surface area is 118 Å². The highest BCUT2D eigenvalue weighted by Crippen LogP contribution is 2.36. The lowest BCUT2D eigenvalue weighted by atomic mass is 9.77. The molecule has 1 saturated carbocycles. The highest BCUT2D eigenvalue weighted by molar-refractivity contribution is 5.75. The molecule has 0 radical (unpaired) electrons. The standard InChI is InChI=1S/C16H20FN3/c17-11-6-8-13-15(9-11)20-16(19-13)14-7-5-10-3-1-2-4-12(10)18-14/h6,8-10,12,14,18H,1-5,7H2,(H,19,20). The van der Waals surface area contributed by atoms with Crippen LogP contribution in [0.15, 0.2) is 18.2 Å². The van der Waals surface area contributed by atoms with Crippen molar-refractivity contribution in [2.45, 2.75) is 50.6 Å². The third-order valence-corrected chi connectivity index (χ3v) is 4.94. The predicted octanol–water partition coefficient (Wildman–Crippen LogP) is 3.69. The van der Waals surface area contributed by atoms with E-state index in [1.165, 1.54) is 44.2 Å². The number of benzene rings is 1. The third kappa shape index (κ3) is 2.12. The molecule has 20 heavy (non-hydrogen) atoms. The van der Waals surface area contributed by atoms with E-state index in [1.807, 2.05) is 0 Å². The Morgan fingerprint density at radius 2 is 2.00 bits per heavy atom. The maximum absolute atomic E-state index is 13.2. The van der Waals surface area contributed by atoms with E-state index in [1.54, 1.807) is 6.07 Å². The van der Waals surface area contributed by atoms with Crippen LogP contribution in [0.5, 0.6) is 0 Å². The average molecular weight is 273 g/mol. The van der Waals surface area contributed by atoms with E-state index in [2.05, 4.69) is 15.3 Å². The van der Waals surface area contributed by atoms with Gasteiger partial charge in [-0.2, -0.15) is 0 Å². The minimum atomic E-state index is -0.211. The molecule has 106 valence electrons. The second-order valence-corrected chi connectivity index (χ2v) is 6.23. The summed E-state index contributed by atoms with van der Waals surface area (Å²) >= 11 is 0. The van der Waals surface area contributed by atoms with Gasteiger partial charge in [0.1, 0.15) is 11.6 Å². The van der Waals surface area contributed by atoms with Gasteiger partial charge in [-0.15, -0.1) is 0 Å². The lowest BCUT2D eigenvalue weighted by Crippen LogP contribution is -2.45. The molecule has 4 heteroatoms. The second-order valence-electron chi connectivity index (χ2n) is 6.23. The second kappa shape index (κ2) is 4.85. The number of aromatic nitrogens is 2. The molecule has 0 amide bonds. The Hall–Kier alpha value is -1.42. The number of H-pyrrole nitrogens is 1. The van der Waals surface area contributed by atoms with Crippen molar-refractivity contribution < 1.29 is 4.39 Å². The number of piperidine rings is 1. The number of fused-ring (bicyclic) bond motifs is 2. The van der Waals surface area contributed by atoms with E-state index in [0.717, 1.165) is 29.2 Å². The molecule has 3 nitrogen and oxygen atoms in total. The molecule has 0 spiro atoms. The van der Waals surface area contributed by atoms with Crippen LogP contribution >= 0.6 is 0 Å². The monoisotopic (exact) mass is 273 g/mol. The Bertz CT molecular complexity index is 621. The molecule has 0 bridgehead atoms. The highest BCUT2D eigenvalue weighted by atomic mass is 19.1. The number of nitrogens with one attached hydrogen (secondary N) is 2. The first-order valence-electron chi connectivity index (χ1n) is 7.71. The zero-order valence-corrected chi connectivity index (χ0v) is 11.5. The Kier molecular flexibility index (Phi) is 2.99. The maximum atomic E-state index is 13.2. The van der Waals surface area contributed by atoms with Crippen LogP contribution in [0.25, 0.3) is 11.0 Å². The van der Waals surface area contributed by atoms with Gasteiger partial charge in [0.05, 0.1) is 17.1 Å². The molecule has 2 aromatic rings. The van der Waals surface area contributed by atoms with E-state index < -0.39 is 0 Å².